The molecule has 1 atom stereocenters. The second-order valence-corrected chi connectivity index (χ2v) is 3.21. The number of aryl methyl sites for hydroxylation is 1. The Bertz CT molecular complexity index is 296. The van der Waals surface area contributed by atoms with Gasteiger partial charge in [-0.3, -0.25) is 4.79 Å². The van der Waals surface area contributed by atoms with Crippen molar-refractivity contribution in [1.29, 1.82) is 0 Å². The van der Waals surface area contributed by atoms with Crippen molar-refractivity contribution in [3.05, 3.63) is 23.7 Å². The Morgan fingerprint density at radius 2 is 2.38 bits per heavy atom. The molecule has 13 heavy (non-hydrogen) atoms. The highest BCUT2D eigenvalue weighted by atomic mass is 32.1. The molecule has 0 saturated carbocycles. The van der Waals surface area contributed by atoms with Crippen molar-refractivity contribution < 1.29 is 9.21 Å². The zero-order valence-corrected chi connectivity index (χ0v) is 8.60. The molecule has 1 N–H and O–H groups in total. The van der Waals surface area contributed by atoms with E-state index in [2.05, 4.69) is 17.9 Å². The van der Waals surface area contributed by atoms with Gasteiger partial charge < -0.3 is 9.73 Å². The topological polar surface area (TPSA) is 42.2 Å². The van der Waals surface area contributed by atoms with Crippen molar-refractivity contribution in [3.63, 3.8) is 0 Å². The van der Waals surface area contributed by atoms with Crippen molar-refractivity contribution in [1.82, 2.24) is 5.32 Å². The van der Waals surface area contributed by atoms with Gasteiger partial charge in [0.05, 0.1) is 11.8 Å². The molecule has 0 spiro atoms. The van der Waals surface area contributed by atoms with Gasteiger partial charge in [-0.05, 0) is 26.0 Å². The third-order valence-corrected chi connectivity index (χ3v) is 2.00. The summed E-state index contributed by atoms with van der Waals surface area (Å²) in [5, 5.41) is 2.75. The quantitative estimate of drug-likeness (QED) is 0.727. The molecular formula is C9H13NO2S. The summed E-state index contributed by atoms with van der Waals surface area (Å²) >= 11 is 3.87. The first kappa shape index (κ1) is 10.2. The summed E-state index contributed by atoms with van der Waals surface area (Å²) in [4.78, 5) is 11.0. The van der Waals surface area contributed by atoms with E-state index in [0.717, 1.165) is 11.5 Å². The smallest absolute Gasteiger partial charge is 0.230 e. The largest absolute Gasteiger partial charge is 0.464 e. The first-order valence-electron chi connectivity index (χ1n) is 4.10. The van der Waals surface area contributed by atoms with Gasteiger partial charge in [-0.2, -0.15) is 12.6 Å². The fourth-order valence-electron chi connectivity index (χ4n) is 1.04. The Hall–Kier alpha value is -0.900. The Kier molecular flexibility index (Phi) is 3.42. The van der Waals surface area contributed by atoms with E-state index in [-0.39, 0.29) is 17.7 Å². The van der Waals surface area contributed by atoms with Crippen LogP contribution in [0, 0.1) is 6.92 Å². The van der Waals surface area contributed by atoms with Gasteiger partial charge in [-0.1, -0.05) is 0 Å². The van der Waals surface area contributed by atoms with Crippen molar-refractivity contribution in [2.45, 2.75) is 19.9 Å². The van der Waals surface area contributed by atoms with E-state index >= 15 is 0 Å². The van der Waals surface area contributed by atoms with Crippen molar-refractivity contribution in [2.24, 2.45) is 0 Å². The van der Waals surface area contributed by atoms with E-state index in [0.29, 0.717) is 0 Å². The molecule has 0 fully saturated rings. The minimum atomic E-state index is -0.0927. The molecule has 3 nitrogen and oxygen atoms in total. The molecular weight excluding hydrogens is 186 g/mol. The standard InChI is InChI=1S/C9H13NO2S/c1-6-3-4-8(12-6)7(2)10-9(11)5-13/h3-4,7,13H,5H2,1-2H3,(H,10,11). The summed E-state index contributed by atoms with van der Waals surface area (Å²) in [5.41, 5.74) is 0. The molecule has 0 aliphatic heterocycles. The summed E-state index contributed by atoms with van der Waals surface area (Å²) in [5.74, 6) is 1.73. The molecule has 1 aromatic rings. The first-order valence-corrected chi connectivity index (χ1v) is 4.73. The minimum absolute atomic E-state index is 0.0895. The number of carbonyl (C=O) groups is 1. The summed E-state index contributed by atoms with van der Waals surface area (Å²) in [6.07, 6.45) is 0. The zero-order valence-electron chi connectivity index (χ0n) is 7.70. The number of thiol groups is 1. The van der Waals surface area contributed by atoms with E-state index in [1.54, 1.807) is 0 Å². The molecule has 4 heteroatoms. The summed E-state index contributed by atoms with van der Waals surface area (Å²) < 4.78 is 5.35. The van der Waals surface area contributed by atoms with Gasteiger partial charge >= 0.3 is 0 Å². The van der Waals surface area contributed by atoms with Gasteiger partial charge in [-0.15, -0.1) is 0 Å². The fourth-order valence-corrected chi connectivity index (χ4v) is 1.14. The van der Waals surface area contributed by atoms with Gasteiger partial charge in [0.2, 0.25) is 5.91 Å². The molecule has 0 radical (unpaired) electrons. The molecule has 1 amide bonds. The Labute approximate surface area is 82.9 Å². The number of carbonyl (C=O) groups excluding carboxylic acids is 1. The van der Waals surface area contributed by atoms with E-state index < -0.39 is 0 Å². The van der Waals surface area contributed by atoms with E-state index in [9.17, 15) is 4.79 Å². The number of amides is 1. The molecule has 0 aliphatic carbocycles. The molecule has 0 saturated heterocycles. The van der Waals surface area contributed by atoms with Crippen LogP contribution in [0.25, 0.3) is 0 Å². The van der Waals surface area contributed by atoms with Crippen LogP contribution in [0.3, 0.4) is 0 Å². The summed E-state index contributed by atoms with van der Waals surface area (Å²) in [6.45, 7) is 3.75. The van der Waals surface area contributed by atoms with Crippen molar-refractivity contribution in [3.8, 4) is 0 Å². The second kappa shape index (κ2) is 4.37. The average molecular weight is 199 g/mol. The maximum Gasteiger partial charge on any atom is 0.230 e. The minimum Gasteiger partial charge on any atom is -0.464 e. The molecule has 0 bridgehead atoms. The molecule has 1 rings (SSSR count). The van der Waals surface area contributed by atoms with Crippen LogP contribution in [0.5, 0.6) is 0 Å². The van der Waals surface area contributed by atoms with Crippen LogP contribution in [-0.4, -0.2) is 11.7 Å². The zero-order chi connectivity index (χ0) is 9.84. The van der Waals surface area contributed by atoms with Crippen LogP contribution < -0.4 is 5.32 Å². The van der Waals surface area contributed by atoms with Gasteiger partial charge in [0.25, 0.3) is 0 Å². The second-order valence-electron chi connectivity index (χ2n) is 2.90. The van der Waals surface area contributed by atoms with E-state index in [4.69, 9.17) is 4.42 Å². The lowest BCUT2D eigenvalue weighted by atomic mass is 10.2. The van der Waals surface area contributed by atoms with E-state index in [1.807, 2.05) is 26.0 Å². The lowest BCUT2D eigenvalue weighted by molar-refractivity contribution is -0.119. The van der Waals surface area contributed by atoms with Crippen molar-refractivity contribution in [2.75, 3.05) is 5.75 Å². The predicted octanol–water partition coefficient (Wildman–Crippen LogP) is 1.70. The fraction of sp³-hybridized carbons (Fsp3) is 0.444. The molecule has 1 aromatic heterocycles. The molecule has 1 heterocycles. The highest BCUT2D eigenvalue weighted by Gasteiger charge is 2.10. The number of nitrogens with one attached hydrogen (secondary N) is 1. The normalized spacial score (nSPS) is 12.5. The number of hydrogen-bond acceptors (Lipinski definition) is 3. The average Bonchev–Trinajstić information content (AvgIpc) is 2.51. The van der Waals surface area contributed by atoms with Gasteiger partial charge in [-0.25, -0.2) is 0 Å². The molecule has 0 aliphatic rings. The predicted molar refractivity (Wildman–Crippen MR) is 53.9 cm³/mol. The maximum atomic E-state index is 11.0. The first-order chi connectivity index (χ1) is 6.13. The lowest BCUT2D eigenvalue weighted by Gasteiger charge is -2.09. The highest BCUT2D eigenvalue weighted by molar-refractivity contribution is 7.81. The maximum absolute atomic E-state index is 11.0. The van der Waals surface area contributed by atoms with Crippen LogP contribution in [0.15, 0.2) is 16.5 Å². The van der Waals surface area contributed by atoms with Crippen LogP contribution in [0.4, 0.5) is 0 Å². The lowest BCUT2D eigenvalue weighted by Crippen LogP contribution is -2.27. The highest BCUT2D eigenvalue weighted by Crippen LogP contribution is 2.15. The van der Waals surface area contributed by atoms with Crippen LogP contribution in [-0.2, 0) is 4.79 Å². The Balaban J connectivity index is 2.58. The van der Waals surface area contributed by atoms with Crippen LogP contribution >= 0.6 is 12.6 Å². The van der Waals surface area contributed by atoms with Crippen LogP contribution in [0.1, 0.15) is 24.5 Å². The molecule has 0 aromatic carbocycles. The summed E-state index contributed by atoms with van der Waals surface area (Å²) in [7, 11) is 0. The summed E-state index contributed by atoms with van der Waals surface area (Å²) in [6, 6.07) is 3.64. The SMILES string of the molecule is Cc1ccc(C(C)NC(=O)CS)o1. The Morgan fingerprint density at radius 1 is 1.69 bits per heavy atom. The third-order valence-electron chi connectivity index (χ3n) is 1.71. The molecule has 1 unspecified atom stereocenters. The third kappa shape index (κ3) is 2.81. The number of hydrogen-bond donors (Lipinski definition) is 2. The van der Waals surface area contributed by atoms with Gasteiger partial charge in [0.15, 0.2) is 0 Å². The van der Waals surface area contributed by atoms with Gasteiger partial charge in [0, 0.05) is 0 Å². The Morgan fingerprint density at radius 3 is 2.85 bits per heavy atom. The van der Waals surface area contributed by atoms with E-state index in [1.165, 1.54) is 0 Å². The monoisotopic (exact) mass is 199 g/mol. The molecule has 72 valence electrons. The number of rotatable bonds is 3. The number of furan rings is 1. The van der Waals surface area contributed by atoms with Crippen molar-refractivity contribution >= 4 is 18.5 Å². The van der Waals surface area contributed by atoms with Crippen LogP contribution in [0.2, 0.25) is 0 Å². The van der Waals surface area contributed by atoms with Gasteiger partial charge in [0.1, 0.15) is 11.5 Å².